The van der Waals surface area contributed by atoms with Gasteiger partial charge in [-0.1, -0.05) is 75.3 Å². The molecule has 0 N–H and O–H groups in total. The van der Waals surface area contributed by atoms with Crippen LogP contribution in [0.3, 0.4) is 0 Å². The number of benzene rings is 1. The Balaban J connectivity index is 2.36. The van der Waals surface area contributed by atoms with Crippen molar-refractivity contribution in [3.8, 4) is 5.95 Å². The van der Waals surface area contributed by atoms with E-state index in [4.69, 9.17) is 9.15 Å². The molecule has 2 heteroatoms. The van der Waals surface area contributed by atoms with Crippen LogP contribution in [0, 0.1) is 11.3 Å². The van der Waals surface area contributed by atoms with Crippen LogP contribution < -0.4 is 4.74 Å². The van der Waals surface area contributed by atoms with E-state index in [1.54, 1.807) is 0 Å². The summed E-state index contributed by atoms with van der Waals surface area (Å²) < 4.78 is 12.8. The molecule has 1 aliphatic heterocycles. The van der Waals surface area contributed by atoms with Gasteiger partial charge in [-0.3, -0.25) is 0 Å². The summed E-state index contributed by atoms with van der Waals surface area (Å²) >= 11 is 0. The van der Waals surface area contributed by atoms with Crippen molar-refractivity contribution in [1.82, 2.24) is 0 Å². The topological polar surface area (TPSA) is 22.4 Å². The summed E-state index contributed by atoms with van der Waals surface area (Å²) in [6.45, 7) is 22.2. The van der Waals surface area contributed by atoms with Crippen molar-refractivity contribution >= 4 is 17.0 Å². The maximum Gasteiger partial charge on any atom is 0.298 e. The zero-order valence-electron chi connectivity index (χ0n) is 19.3. The molecule has 2 heterocycles. The van der Waals surface area contributed by atoms with Gasteiger partial charge < -0.3 is 9.15 Å². The molecule has 152 valence electrons. The van der Waals surface area contributed by atoms with Crippen molar-refractivity contribution in [2.45, 2.75) is 80.6 Å². The second-order valence-electron chi connectivity index (χ2n) is 10.8. The Morgan fingerprint density at radius 1 is 0.786 bits per heavy atom. The van der Waals surface area contributed by atoms with Gasteiger partial charge in [0.05, 0.1) is 5.56 Å². The zero-order chi connectivity index (χ0) is 21.0. The highest BCUT2D eigenvalue weighted by atomic mass is 16.6. The summed E-state index contributed by atoms with van der Waals surface area (Å²) in [4.78, 5) is 0. The fraction of sp³-hybridized carbons (Fsp3) is 0.538. The highest BCUT2D eigenvalue weighted by molar-refractivity contribution is 5.94. The van der Waals surface area contributed by atoms with Gasteiger partial charge in [-0.25, -0.2) is 0 Å². The Labute approximate surface area is 170 Å². The van der Waals surface area contributed by atoms with Crippen LogP contribution in [0.4, 0.5) is 0 Å². The number of ether oxygens (including phenoxy) is 1. The fourth-order valence-corrected chi connectivity index (χ4v) is 3.51. The van der Waals surface area contributed by atoms with E-state index in [0.29, 0.717) is 17.8 Å². The fourth-order valence-electron chi connectivity index (χ4n) is 3.51. The minimum Gasteiger partial charge on any atom is -0.429 e. The van der Waals surface area contributed by atoms with Crippen LogP contribution in [0.5, 0.6) is 5.95 Å². The van der Waals surface area contributed by atoms with Crippen molar-refractivity contribution in [1.29, 1.82) is 0 Å². The monoisotopic (exact) mass is 380 g/mol. The minimum atomic E-state index is -0.0927. The smallest absolute Gasteiger partial charge is 0.298 e. The molecule has 2 nitrogen and oxygen atoms in total. The lowest BCUT2D eigenvalue weighted by molar-refractivity contribution is 0.246. The number of rotatable bonds is 2. The molecule has 28 heavy (non-hydrogen) atoms. The van der Waals surface area contributed by atoms with Gasteiger partial charge in [-0.05, 0) is 46.6 Å². The average molecular weight is 381 g/mol. The number of hydrogen-bond donors (Lipinski definition) is 0. The lowest BCUT2D eigenvalue weighted by Crippen LogP contribution is -2.15. The maximum atomic E-state index is 6.41. The number of furan rings is 1. The molecular weight excluding hydrogens is 344 g/mol. The van der Waals surface area contributed by atoms with Gasteiger partial charge in [0, 0.05) is 16.4 Å². The van der Waals surface area contributed by atoms with Crippen molar-refractivity contribution in [2.24, 2.45) is 11.3 Å². The van der Waals surface area contributed by atoms with E-state index in [1.165, 1.54) is 16.7 Å². The Morgan fingerprint density at radius 2 is 1.43 bits per heavy atom. The van der Waals surface area contributed by atoms with Crippen molar-refractivity contribution in [2.75, 3.05) is 0 Å². The SMILES string of the molecule is CC(C)C1=Cc2c(oc3c(C(C)(C)C)cc(C(C)C)cc23)OC(C(C)(C)C)=C1. The Hall–Kier alpha value is -1.96. The van der Waals surface area contributed by atoms with E-state index >= 15 is 0 Å². The molecular formula is C26H36O2. The molecule has 0 aliphatic carbocycles. The van der Waals surface area contributed by atoms with Gasteiger partial charge >= 0.3 is 0 Å². The average Bonchev–Trinajstić information content (AvgIpc) is 2.75. The standard InChI is InChI=1S/C26H36O2/c1-15(2)17-11-19-20-12-18(16(3)4)14-22(26(8,9)10)27-24(20)28-23(19)21(13-17)25(5,6)7/h11-16H,1-10H3. The van der Waals surface area contributed by atoms with Gasteiger partial charge in [-0.2, -0.15) is 0 Å². The minimum absolute atomic E-state index is 0.00700. The summed E-state index contributed by atoms with van der Waals surface area (Å²) in [5, 5.41) is 1.16. The Morgan fingerprint density at radius 3 is 1.93 bits per heavy atom. The molecule has 0 atom stereocenters. The highest BCUT2D eigenvalue weighted by Crippen LogP contribution is 2.45. The number of hydrogen-bond acceptors (Lipinski definition) is 2. The molecule has 0 saturated carbocycles. The van der Waals surface area contributed by atoms with Crippen LogP contribution in [0.15, 0.2) is 34.0 Å². The molecule has 0 bridgehead atoms. The van der Waals surface area contributed by atoms with Crippen molar-refractivity contribution in [3.63, 3.8) is 0 Å². The Kier molecular flexibility index (Phi) is 5.06. The van der Waals surface area contributed by atoms with E-state index in [2.05, 4.69) is 93.5 Å². The number of allylic oxidation sites excluding steroid dienone is 3. The molecule has 0 fully saturated rings. The van der Waals surface area contributed by atoms with Gasteiger partial charge in [0.2, 0.25) is 0 Å². The predicted octanol–water partition coefficient (Wildman–Crippen LogP) is 8.22. The van der Waals surface area contributed by atoms with Crippen LogP contribution in [0.2, 0.25) is 0 Å². The second kappa shape index (κ2) is 6.83. The Bertz CT molecular complexity index is 951. The van der Waals surface area contributed by atoms with Gasteiger partial charge in [0.1, 0.15) is 11.3 Å². The molecule has 0 unspecified atom stereocenters. The lowest BCUT2D eigenvalue weighted by Gasteiger charge is -2.22. The van der Waals surface area contributed by atoms with E-state index in [0.717, 1.165) is 22.3 Å². The van der Waals surface area contributed by atoms with E-state index in [1.807, 2.05) is 0 Å². The highest BCUT2D eigenvalue weighted by Gasteiger charge is 2.29. The largest absolute Gasteiger partial charge is 0.429 e. The van der Waals surface area contributed by atoms with Crippen LogP contribution in [-0.4, -0.2) is 0 Å². The summed E-state index contributed by atoms with van der Waals surface area (Å²) in [5.41, 5.74) is 5.79. The summed E-state index contributed by atoms with van der Waals surface area (Å²) in [6.07, 6.45) is 4.46. The van der Waals surface area contributed by atoms with Gasteiger partial charge in [-0.15, -0.1) is 0 Å². The van der Waals surface area contributed by atoms with E-state index < -0.39 is 0 Å². The van der Waals surface area contributed by atoms with Crippen molar-refractivity contribution in [3.05, 3.63) is 46.2 Å². The lowest BCUT2D eigenvalue weighted by atomic mass is 9.83. The second-order valence-corrected chi connectivity index (χ2v) is 10.8. The predicted molar refractivity (Wildman–Crippen MR) is 120 cm³/mol. The quantitative estimate of drug-likeness (QED) is 0.523. The maximum absolute atomic E-state index is 6.41. The van der Waals surface area contributed by atoms with Gasteiger partial charge in [0.25, 0.3) is 5.95 Å². The zero-order valence-corrected chi connectivity index (χ0v) is 19.3. The van der Waals surface area contributed by atoms with Crippen LogP contribution in [0.25, 0.3) is 17.0 Å². The van der Waals surface area contributed by atoms with E-state index in [9.17, 15) is 0 Å². The van der Waals surface area contributed by atoms with E-state index in [-0.39, 0.29) is 10.8 Å². The molecule has 0 radical (unpaired) electrons. The third-order valence-corrected chi connectivity index (χ3v) is 5.51. The summed E-state index contributed by atoms with van der Waals surface area (Å²) in [7, 11) is 0. The van der Waals surface area contributed by atoms with Crippen molar-refractivity contribution < 1.29 is 9.15 Å². The first kappa shape index (κ1) is 20.8. The van der Waals surface area contributed by atoms with Crippen LogP contribution in [0.1, 0.15) is 91.8 Å². The molecule has 0 amide bonds. The van der Waals surface area contributed by atoms with Gasteiger partial charge in [0.15, 0.2) is 0 Å². The molecule has 1 aromatic carbocycles. The normalized spacial score (nSPS) is 15.4. The molecule has 3 rings (SSSR count). The molecule has 0 spiro atoms. The molecule has 2 aromatic rings. The van der Waals surface area contributed by atoms with Crippen LogP contribution in [-0.2, 0) is 5.41 Å². The molecule has 1 aliphatic rings. The number of fused-ring (bicyclic) bond motifs is 3. The van der Waals surface area contributed by atoms with Crippen LogP contribution >= 0.6 is 0 Å². The first-order chi connectivity index (χ1) is 12.8. The third-order valence-electron chi connectivity index (χ3n) is 5.51. The summed E-state index contributed by atoms with van der Waals surface area (Å²) in [5.74, 6) is 2.44. The third kappa shape index (κ3) is 3.79. The first-order valence-corrected chi connectivity index (χ1v) is 10.5. The summed E-state index contributed by atoms with van der Waals surface area (Å²) in [6, 6.07) is 4.60. The first-order valence-electron chi connectivity index (χ1n) is 10.5. The molecule has 1 aromatic heterocycles. The molecule has 0 saturated heterocycles.